The van der Waals surface area contributed by atoms with Gasteiger partial charge in [-0.05, 0) is 18.7 Å². The fourth-order valence-corrected chi connectivity index (χ4v) is 2.14. The fourth-order valence-electron chi connectivity index (χ4n) is 2.14. The third kappa shape index (κ3) is 3.57. The Morgan fingerprint density at radius 3 is 2.47 bits per heavy atom. The Morgan fingerprint density at radius 1 is 1.26 bits per heavy atom. The highest BCUT2D eigenvalue weighted by Gasteiger charge is 2.34. The molecule has 106 valence electrons. The number of hydrogen-bond donors (Lipinski definition) is 1. The first-order valence-corrected chi connectivity index (χ1v) is 6.09. The van der Waals surface area contributed by atoms with Crippen LogP contribution in [0.4, 0.5) is 19.0 Å². The molecule has 19 heavy (non-hydrogen) atoms. The number of halogens is 3. The molecule has 0 atom stereocenters. The predicted molar refractivity (Wildman–Crippen MR) is 66.4 cm³/mol. The molecule has 1 aliphatic rings. The third-order valence-electron chi connectivity index (χ3n) is 3.30. The van der Waals surface area contributed by atoms with Crippen LogP contribution >= 0.6 is 0 Å². The van der Waals surface area contributed by atoms with Crippen LogP contribution in [0.15, 0.2) is 12.3 Å². The molecule has 2 rings (SSSR count). The zero-order valence-corrected chi connectivity index (χ0v) is 10.7. The van der Waals surface area contributed by atoms with Gasteiger partial charge < -0.3 is 10.6 Å². The summed E-state index contributed by atoms with van der Waals surface area (Å²) >= 11 is 0. The molecular formula is C12H17F3N4. The zero-order chi connectivity index (χ0) is 14.0. The standard InChI is InChI=1S/C12H17F3N4/c1-18-2-4-19(5-3-18)8-9-7-17-11(16)6-10(9)12(13,14)15/h6-7H,2-5,8H2,1H3,(H2,16,17). The van der Waals surface area contributed by atoms with E-state index in [-0.39, 0.29) is 17.9 Å². The second kappa shape index (κ2) is 5.34. The van der Waals surface area contributed by atoms with E-state index >= 15 is 0 Å². The molecule has 0 saturated carbocycles. The molecule has 0 radical (unpaired) electrons. The monoisotopic (exact) mass is 274 g/mol. The van der Waals surface area contributed by atoms with E-state index in [2.05, 4.69) is 9.88 Å². The van der Waals surface area contributed by atoms with E-state index in [0.717, 1.165) is 32.2 Å². The van der Waals surface area contributed by atoms with Crippen LogP contribution in [0.3, 0.4) is 0 Å². The summed E-state index contributed by atoms with van der Waals surface area (Å²) < 4.78 is 38.8. The molecule has 0 aromatic carbocycles. The van der Waals surface area contributed by atoms with Crippen molar-refractivity contribution >= 4 is 5.82 Å². The van der Waals surface area contributed by atoms with E-state index in [1.165, 1.54) is 6.20 Å². The normalized spacial score (nSPS) is 18.7. The summed E-state index contributed by atoms with van der Waals surface area (Å²) in [5.41, 5.74) is 4.85. The van der Waals surface area contributed by atoms with Gasteiger partial charge in [-0.1, -0.05) is 0 Å². The van der Waals surface area contributed by atoms with Crippen LogP contribution in [0.2, 0.25) is 0 Å². The molecular weight excluding hydrogens is 257 g/mol. The average Bonchev–Trinajstić information content (AvgIpc) is 2.33. The van der Waals surface area contributed by atoms with Crippen LogP contribution in [-0.2, 0) is 12.7 Å². The molecule has 0 unspecified atom stereocenters. The number of nitrogens with two attached hydrogens (primary N) is 1. The van der Waals surface area contributed by atoms with Crippen molar-refractivity contribution in [3.8, 4) is 0 Å². The third-order valence-corrected chi connectivity index (χ3v) is 3.30. The van der Waals surface area contributed by atoms with E-state index < -0.39 is 11.7 Å². The van der Waals surface area contributed by atoms with Crippen LogP contribution in [-0.4, -0.2) is 48.0 Å². The van der Waals surface area contributed by atoms with Gasteiger partial charge in [0.1, 0.15) is 5.82 Å². The van der Waals surface area contributed by atoms with Gasteiger partial charge in [0.15, 0.2) is 0 Å². The Bertz CT molecular complexity index is 439. The Balaban J connectivity index is 2.16. The van der Waals surface area contributed by atoms with Crippen molar-refractivity contribution < 1.29 is 13.2 Å². The summed E-state index contributed by atoms with van der Waals surface area (Å²) in [5, 5.41) is 0. The van der Waals surface area contributed by atoms with Crippen molar-refractivity contribution in [2.24, 2.45) is 0 Å². The van der Waals surface area contributed by atoms with Crippen LogP contribution < -0.4 is 5.73 Å². The van der Waals surface area contributed by atoms with E-state index in [1.54, 1.807) is 0 Å². The van der Waals surface area contributed by atoms with Crippen molar-refractivity contribution in [1.29, 1.82) is 0 Å². The number of pyridine rings is 1. The van der Waals surface area contributed by atoms with Gasteiger partial charge >= 0.3 is 6.18 Å². The highest BCUT2D eigenvalue weighted by Crippen LogP contribution is 2.33. The number of aromatic nitrogens is 1. The first kappa shape index (κ1) is 14.1. The molecule has 0 spiro atoms. The number of hydrogen-bond acceptors (Lipinski definition) is 4. The predicted octanol–water partition coefficient (Wildman–Crippen LogP) is 1.43. The minimum atomic E-state index is -4.39. The second-order valence-electron chi connectivity index (χ2n) is 4.84. The molecule has 1 aromatic heterocycles. The Kier molecular flexibility index (Phi) is 3.96. The highest BCUT2D eigenvalue weighted by molar-refractivity contribution is 5.38. The van der Waals surface area contributed by atoms with Gasteiger partial charge in [0.05, 0.1) is 5.56 Å². The number of alkyl halides is 3. The molecule has 0 aliphatic carbocycles. The van der Waals surface area contributed by atoms with E-state index in [9.17, 15) is 13.2 Å². The summed E-state index contributed by atoms with van der Waals surface area (Å²) in [6.45, 7) is 3.51. The van der Waals surface area contributed by atoms with Crippen LogP contribution in [0.25, 0.3) is 0 Å². The van der Waals surface area contributed by atoms with Crippen LogP contribution in [0.1, 0.15) is 11.1 Å². The molecule has 2 N–H and O–H groups in total. The maximum Gasteiger partial charge on any atom is 0.416 e. The van der Waals surface area contributed by atoms with Gasteiger partial charge in [-0.15, -0.1) is 0 Å². The average molecular weight is 274 g/mol. The number of anilines is 1. The van der Waals surface area contributed by atoms with Gasteiger partial charge in [-0.2, -0.15) is 13.2 Å². The first-order chi connectivity index (χ1) is 8.86. The summed E-state index contributed by atoms with van der Waals surface area (Å²) in [7, 11) is 2.00. The first-order valence-electron chi connectivity index (χ1n) is 6.09. The van der Waals surface area contributed by atoms with Crippen molar-refractivity contribution in [2.75, 3.05) is 39.0 Å². The van der Waals surface area contributed by atoms with Crippen molar-refractivity contribution in [1.82, 2.24) is 14.8 Å². The van der Waals surface area contributed by atoms with E-state index in [4.69, 9.17) is 5.73 Å². The van der Waals surface area contributed by atoms with Crippen LogP contribution in [0, 0.1) is 0 Å². The maximum atomic E-state index is 12.9. The lowest BCUT2D eigenvalue weighted by Gasteiger charge is -2.32. The van der Waals surface area contributed by atoms with Gasteiger partial charge in [-0.3, -0.25) is 4.90 Å². The fraction of sp³-hybridized carbons (Fsp3) is 0.583. The molecule has 1 fully saturated rings. The number of piperazine rings is 1. The van der Waals surface area contributed by atoms with Crippen LogP contribution in [0.5, 0.6) is 0 Å². The smallest absolute Gasteiger partial charge is 0.384 e. The van der Waals surface area contributed by atoms with Crippen molar-refractivity contribution in [3.05, 3.63) is 23.4 Å². The number of nitrogen functional groups attached to an aromatic ring is 1. The summed E-state index contributed by atoms with van der Waals surface area (Å²) in [5.74, 6) is -0.102. The number of nitrogens with zero attached hydrogens (tertiary/aromatic N) is 3. The van der Waals surface area contributed by atoms with Gasteiger partial charge in [0, 0.05) is 38.9 Å². The zero-order valence-electron chi connectivity index (χ0n) is 10.7. The molecule has 0 bridgehead atoms. The molecule has 2 heterocycles. The number of likely N-dealkylation sites (N-methyl/N-ethyl adjacent to an activating group) is 1. The Hall–Kier alpha value is -1.34. The summed E-state index contributed by atoms with van der Waals surface area (Å²) in [6.07, 6.45) is -3.16. The maximum absolute atomic E-state index is 12.9. The summed E-state index contributed by atoms with van der Waals surface area (Å²) in [6, 6.07) is 0.908. The Morgan fingerprint density at radius 2 is 1.89 bits per heavy atom. The minimum Gasteiger partial charge on any atom is -0.384 e. The largest absolute Gasteiger partial charge is 0.416 e. The lowest BCUT2D eigenvalue weighted by molar-refractivity contribution is -0.138. The quantitative estimate of drug-likeness (QED) is 0.886. The second-order valence-corrected chi connectivity index (χ2v) is 4.84. The van der Waals surface area contributed by atoms with Crippen molar-refractivity contribution in [3.63, 3.8) is 0 Å². The molecule has 1 aromatic rings. The summed E-state index contributed by atoms with van der Waals surface area (Å²) in [4.78, 5) is 7.93. The molecule has 4 nitrogen and oxygen atoms in total. The van der Waals surface area contributed by atoms with E-state index in [1.807, 2.05) is 11.9 Å². The van der Waals surface area contributed by atoms with Gasteiger partial charge in [0.25, 0.3) is 0 Å². The molecule has 7 heteroatoms. The Labute approximate surface area is 110 Å². The van der Waals surface area contributed by atoms with Gasteiger partial charge in [-0.25, -0.2) is 4.98 Å². The highest BCUT2D eigenvalue weighted by atomic mass is 19.4. The van der Waals surface area contributed by atoms with Gasteiger partial charge in [0.2, 0.25) is 0 Å². The number of rotatable bonds is 2. The lowest BCUT2D eigenvalue weighted by Crippen LogP contribution is -2.44. The van der Waals surface area contributed by atoms with Crippen molar-refractivity contribution in [2.45, 2.75) is 12.7 Å². The molecule has 0 amide bonds. The lowest BCUT2D eigenvalue weighted by atomic mass is 10.1. The molecule has 1 saturated heterocycles. The SMILES string of the molecule is CN1CCN(Cc2cnc(N)cc2C(F)(F)F)CC1. The molecule has 1 aliphatic heterocycles. The minimum absolute atomic E-state index is 0.102. The topological polar surface area (TPSA) is 45.4 Å². The van der Waals surface area contributed by atoms with E-state index in [0.29, 0.717) is 0 Å².